The van der Waals surface area contributed by atoms with Gasteiger partial charge in [0.1, 0.15) is 5.82 Å². The Balaban J connectivity index is 1.55. The third-order valence-corrected chi connectivity index (χ3v) is 5.24. The van der Waals surface area contributed by atoms with Crippen LogP contribution >= 0.6 is 0 Å². The first-order valence-corrected chi connectivity index (χ1v) is 9.89. The SMILES string of the molecule is C=C(CCN1CCOCC1)n1cc(-c2cnc(N)c(OC(F)(F)F)c2)nc1C1CC1. The quantitative estimate of drug-likeness (QED) is 0.735. The average Bonchev–Trinajstić information content (AvgIpc) is 3.46. The summed E-state index contributed by atoms with van der Waals surface area (Å²) in [6.07, 6.45) is 1.20. The fraction of sp³-hybridized carbons (Fsp3) is 0.500. The molecule has 3 heterocycles. The summed E-state index contributed by atoms with van der Waals surface area (Å²) >= 11 is 0. The molecule has 2 aromatic rings. The minimum atomic E-state index is -4.85. The Hall–Kier alpha value is -2.59. The number of anilines is 1. The molecular formula is C20H24F3N5O2. The van der Waals surface area contributed by atoms with Crippen molar-refractivity contribution in [2.24, 2.45) is 0 Å². The number of halogens is 3. The predicted octanol–water partition coefficient (Wildman–Crippen LogP) is 3.50. The van der Waals surface area contributed by atoms with Crippen LogP contribution in [0.25, 0.3) is 17.0 Å². The highest BCUT2D eigenvalue weighted by atomic mass is 19.4. The summed E-state index contributed by atoms with van der Waals surface area (Å²) in [6, 6.07) is 1.22. The molecule has 2 aromatic heterocycles. The van der Waals surface area contributed by atoms with Crippen LogP contribution in [0.4, 0.5) is 19.0 Å². The molecule has 2 aliphatic rings. The molecule has 1 saturated heterocycles. The van der Waals surface area contributed by atoms with Gasteiger partial charge in [-0.2, -0.15) is 0 Å². The van der Waals surface area contributed by atoms with Crippen LogP contribution in [0, 0.1) is 0 Å². The lowest BCUT2D eigenvalue weighted by Crippen LogP contribution is -2.37. The first kappa shape index (κ1) is 20.7. The van der Waals surface area contributed by atoms with Crippen LogP contribution in [-0.4, -0.2) is 58.6 Å². The van der Waals surface area contributed by atoms with Gasteiger partial charge in [-0.15, -0.1) is 13.2 Å². The number of morpholine rings is 1. The van der Waals surface area contributed by atoms with Gasteiger partial charge in [-0.25, -0.2) is 9.97 Å². The van der Waals surface area contributed by atoms with E-state index in [1.54, 1.807) is 6.20 Å². The summed E-state index contributed by atoms with van der Waals surface area (Å²) < 4.78 is 49.2. The largest absolute Gasteiger partial charge is 0.573 e. The minimum absolute atomic E-state index is 0.326. The van der Waals surface area contributed by atoms with Crippen LogP contribution in [-0.2, 0) is 4.74 Å². The van der Waals surface area contributed by atoms with Crippen LogP contribution in [0.2, 0.25) is 0 Å². The van der Waals surface area contributed by atoms with E-state index in [1.165, 1.54) is 12.3 Å². The molecule has 1 aliphatic heterocycles. The topological polar surface area (TPSA) is 78.4 Å². The maximum atomic E-state index is 12.6. The van der Waals surface area contributed by atoms with Gasteiger partial charge in [0, 0.05) is 55.6 Å². The molecule has 7 nitrogen and oxygen atoms in total. The Labute approximate surface area is 172 Å². The van der Waals surface area contributed by atoms with Gasteiger partial charge in [-0.05, 0) is 18.9 Å². The maximum Gasteiger partial charge on any atom is 0.573 e. The number of hydrogen-bond donors (Lipinski definition) is 1. The third-order valence-electron chi connectivity index (χ3n) is 5.24. The number of nitrogens with two attached hydrogens (primary N) is 1. The maximum absolute atomic E-state index is 12.6. The number of alkyl halides is 3. The van der Waals surface area contributed by atoms with Gasteiger partial charge in [0.25, 0.3) is 0 Å². The van der Waals surface area contributed by atoms with E-state index >= 15 is 0 Å². The zero-order valence-corrected chi connectivity index (χ0v) is 16.5. The minimum Gasteiger partial charge on any atom is -0.402 e. The van der Waals surface area contributed by atoms with Gasteiger partial charge < -0.3 is 19.8 Å². The molecule has 0 radical (unpaired) electrons. The molecule has 4 rings (SSSR count). The highest BCUT2D eigenvalue weighted by molar-refractivity contribution is 5.65. The van der Waals surface area contributed by atoms with Crippen molar-refractivity contribution < 1.29 is 22.6 Å². The number of imidazole rings is 1. The van der Waals surface area contributed by atoms with Gasteiger partial charge >= 0.3 is 6.36 Å². The molecule has 0 unspecified atom stereocenters. The summed E-state index contributed by atoms with van der Waals surface area (Å²) in [5.41, 5.74) is 7.36. The molecule has 0 atom stereocenters. The van der Waals surface area contributed by atoms with Crippen LogP contribution in [0.1, 0.15) is 31.0 Å². The lowest BCUT2D eigenvalue weighted by Gasteiger charge is -2.27. The summed E-state index contributed by atoms with van der Waals surface area (Å²) in [4.78, 5) is 10.8. The molecular weight excluding hydrogens is 399 g/mol. The molecule has 1 aliphatic carbocycles. The second-order valence-electron chi connectivity index (χ2n) is 7.55. The van der Waals surface area contributed by atoms with E-state index in [1.807, 2.05) is 4.57 Å². The summed E-state index contributed by atoms with van der Waals surface area (Å²) in [5.74, 6) is 0.361. The average molecular weight is 423 g/mol. The van der Waals surface area contributed by atoms with Gasteiger partial charge in [-0.1, -0.05) is 6.58 Å². The number of hydrogen-bond acceptors (Lipinski definition) is 6. The van der Waals surface area contributed by atoms with Crippen LogP contribution in [0.15, 0.2) is 25.0 Å². The monoisotopic (exact) mass is 423 g/mol. The first-order chi connectivity index (χ1) is 14.3. The first-order valence-electron chi connectivity index (χ1n) is 9.89. The smallest absolute Gasteiger partial charge is 0.402 e. The molecule has 0 aromatic carbocycles. The Kier molecular flexibility index (Phi) is 5.70. The van der Waals surface area contributed by atoms with E-state index in [0.717, 1.165) is 63.6 Å². The van der Waals surface area contributed by atoms with E-state index in [0.29, 0.717) is 17.2 Å². The van der Waals surface area contributed by atoms with Crippen molar-refractivity contribution in [2.45, 2.75) is 31.5 Å². The normalized spacial score (nSPS) is 17.8. The predicted molar refractivity (Wildman–Crippen MR) is 106 cm³/mol. The molecule has 2 N–H and O–H groups in total. The van der Waals surface area contributed by atoms with Gasteiger partial charge in [0.05, 0.1) is 18.9 Å². The lowest BCUT2D eigenvalue weighted by molar-refractivity contribution is -0.274. The van der Waals surface area contributed by atoms with Crippen molar-refractivity contribution in [1.29, 1.82) is 0 Å². The molecule has 162 valence electrons. The number of pyridine rings is 1. The van der Waals surface area contributed by atoms with Crippen LogP contribution in [0.3, 0.4) is 0 Å². The van der Waals surface area contributed by atoms with Gasteiger partial charge in [0.2, 0.25) is 0 Å². The molecule has 0 bridgehead atoms. The molecule has 10 heteroatoms. The number of aromatic nitrogens is 3. The Bertz CT molecular complexity index is 918. The number of ether oxygens (including phenoxy) is 2. The Morgan fingerprint density at radius 1 is 1.30 bits per heavy atom. The van der Waals surface area contributed by atoms with E-state index in [4.69, 9.17) is 10.5 Å². The van der Waals surface area contributed by atoms with E-state index in [2.05, 4.69) is 26.2 Å². The highest BCUT2D eigenvalue weighted by Crippen LogP contribution is 2.41. The number of nitrogens with zero attached hydrogens (tertiary/aromatic N) is 4. The Morgan fingerprint density at radius 2 is 2.03 bits per heavy atom. The van der Waals surface area contributed by atoms with Crippen molar-refractivity contribution in [3.05, 3.63) is 30.9 Å². The van der Waals surface area contributed by atoms with Crippen molar-refractivity contribution >= 4 is 11.5 Å². The molecule has 0 amide bonds. The fourth-order valence-corrected chi connectivity index (χ4v) is 3.45. The second-order valence-corrected chi connectivity index (χ2v) is 7.55. The van der Waals surface area contributed by atoms with Crippen molar-refractivity contribution in [2.75, 3.05) is 38.6 Å². The van der Waals surface area contributed by atoms with Crippen molar-refractivity contribution in [3.63, 3.8) is 0 Å². The lowest BCUT2D eigenvalue weighted by atomic mass is 10.2. The van der Waals surface area contributed by atoms with Gasteiger partial charge in [-0.3, -0.25) is 4.90 Å². The summed E-state index contributed by atoms with van der Waals surface area (Å²) in [5, 5.41) is 0. The highest BCUT2D eigenvalue weighted by Gasteiger charge is 2.33. The zero-order chi connectivity index (χ0) is 21.3. The molecule has 2 fully saturated rings. The summed E-state index contributed by atoms with van der Waals surface area (Å²) in [6.45, 7) is 8.37. The van der Waals surface area contributed by atoms with E-state index in [-0.39, 0.29) is 5.82 Å². The third kappa shape index (κ3) is 4.93. The fourth-order valence-electron chi connectivity index (χ4n) is 3.45. The standard InChI is InChI=1S/C20H24F3N5O2/c1-13(4-5-27-6-8-29-9-7-27)28-12-16(26-19(28)14-2-3-14)15-10-17(18(24)25-11-15)30-20(21,22)23/h10-12,14H,1-9H2,(H2,24,25). The number of nitrogen functional groups attached to an aromatic ring is 1. The second kappa shape index (κ2) is 8.27. The zero-order valence-electron chi connectivity index (χ0n) is 16.5. The van der Waals surface area contributed by atoms with Crippen LogP contribution in [0.5, 0.6) is 5.75 Å². The van der Waals surface area contributed by atoms with Crippen LogP contribution < -0.4 is 10.5 Å². The molecule has 0 spiro atoms. The van der Waals surface area contributed by atoms with E-state index in [9.17, 15) is 13.2 Å². The Morgan fingerprint density at radius 3 is 2.70 bits per heavy atom. The summed E-state index contributed by atoms with van der Waals surface area (Å²) in [7, 11) is 0. The van der Waals surface area contributed by atoms with Gasteiger partial charge in [0.15, 0.2) is 11.6 Å². The molecule has 30 heavy (non-hydrogen) atoms. The van der Waals surface area contributed by atoms with Crippen molar-refractivity contribution in [1.82, 2.24) is 19.4 Å². The van der Waals surface area contributed by atoms with Crippen molar-refractivity contribution in [3.8, 4) is 17.0 Å². The molecule has 1 saturated carbocycles. The number of rotatable bonds is 7. The van der Waals surface area contributed by atoms with E-state index < -0.39 is 12.1 Å².